The Morgan fingerprint density at radius 3 is 1.61 bits per heavy atom. The van der Waals surface area contributed by atoms with Gasteiger partial charge in [0.2, 0.25) is 0 Å². The fraction of sp³-hybridized carbons (Fsp3) is 0.308. The molecule has 1 aromatic carbocycles. The first-order chi connectivity index (χ1) is 14.5. The smallest absolute Gasteiger partial charge is 0.0312 e. The van der Waals surface area contributed by atoms with Crippen LogP contribution in [0.3, 0.4) is 0 Å². The molecule has 0 aliphatic heterocycles. The molecular formula is C26H34FeN2OSn+2. The quantitative estimate of drug-likeness (QED) is 0.196. The van der Waals surface area contributed by atoms with Crippen molar-refractivity contribution in [2.75, 3.05) is 0 Å². The topological polar surface area (TPSA) is 47.8 Å². The molecule has 0 atom stereocenters. The number of rotatable bonds is 6. The maximum absolute atomic E-state index is 11.8. The molecule has 1 aromatic rings. The SMILES string of the molecule is C/C(=N/N=C(\[O-])c1ccc(C)cc1)[C]1[CH][CH][CH][CH]1.C[CH2][Sn+]([CH2]C)[CH2]C.[CH]1[CH][CH][CH][CH]1.[Fe+2]. The summed E-state index contributed by atoms with van der Waals surface area (Å²) in [5.41, 5.74) is 2.41. The van der Waals surface area contributed by atoms with Gasteiger partial charge >= 0.3 is 70.9 Å². The molecule has 0 heterocycles. The standard InChI is InChI=1S/C15H15N2O.C5H5.3C2H5.Fe.Sn/c1-11-7-9-14(10-8-11)15(18)17-16-12(2)13-5-3-4-6-13;1-2-4-5-3-1;3*1-2;;/h3-10H,1-2H3,(H,17,18);1-5H;3*1H2,2H3;;/q;;;;;+2;+1/p-1/b16-12-;;;;;;. The van der Waals surface area contributed by atoms with Crippen LogP contribution in [0.1, 0.15) is 38.8 Å². The molecule has 0 spiro atoms. The van der Waals surface area contributed by atoms with Gasteiger partial charge in [0.25, 0.3) is 0 Å². The molecule has 0 N–H and O–H groups in total. The van der Waals surface area contributed by atoms with Crippen molar-refractivity contribution in [3.8, 4) is 0 Å². The molecule has 3 nitrogen and oxygen atoms in total. The van der Waals surface area contributed by atoms with Gasteiger partial charge in [0.1, 0.15) is 0 Å². The van der Waals surface area contributed by atoms with Crippen LogP contribution < -0.4 is 5.11 Å². The summed E-state index contributed by atoms with van der Waals surface area (Å²) >= 11 is -0.653. The van der Waals surface area contributed by atoms with Crippen LogP contribution in [0, 0.1) is 70.6 Å². The average Bonchev–Trinajstić information content (AvgIpc) is 3.51. The van der Waals surface area contributed by atoms with Gasteiger partial charge in [0.15, 0.2) is 0 Å². The fourth-order valence-electron chi connectivity index (χ4n) is 2.62. The van der Waals surface area contributed by atoms with E-state index in [4.69, 9.17) is 0 Å². The van der Waals surface area contributed by atoms with Gasteiger partial charge in [-0.1, -0.05) is 29.8 Å². The van der Waals surface area contributed by atoms with Crippen LogP contribution in [0.4, 0.5) is 0 Å². The first-order valence-electron chi connectivity index (χ1n) is 10.6. The molecule has 31 heavy (non-hydrogen) atoms. The third-order valence-electron chi connectivity index (χ3n) is 4.73. The summed E-state index contributed by atoms with van der Waals surface area (Å²) in [6.45, 7) is 10.9. The minimum absolute atomic E-state index is 0. The monoisotopic (exact) mass is 566 g/mol. The average molecular weight is 565 g/mol. The van der Waals surface area contributed by atoms with Gasteiger partial charge in [0, 0.05) is 17.5 Å². The van der Waals surface area contributed by atoms with Gasteiger partial charge in [0.05, 0.1) is 0 Å². The Kier molecular flexibility index (Phi) is 19.0. The van der Waals surface area contributed by atoms with Crippen molar-refractivity contribution in [3.05, 3.63) is 99.1 Å². The number of benzene rings is 1. The summed E-state index contributed by atoms with van der Waals surface area (Å²) < 4.78 is 4.65. The molecule has 2 fully saturated rings. The van der Waals surface area contributed by atoms with E-state index in [1.54, 1.807) is 25.4 Å². The van der Waals surface area contributed by atoms with Crippen LogP contribution in [0.5, 0.6) is 0 Å². The summed E-state index contributed by atoms with van der Waals surface area (Å²) in [7, 11) is 0. The normalized spacial score (nSPS) is 16.5. The first kappa shape index (κ1) is 30.7. The molecule has 0 unspecified atom stereocenters. The van der Waals surface area contributed by atoms with Gasteiger partial charge in [-0.3, -0.25) is 0 Å². The minimum Gasteiger partial charge on any atom is -0.0312 e. The van der Waals surface area contributed by atoms with Crippen LogP contribution in [0.15, 0.2) is 34.5 Å². The molecule has 10 radical (unpaired) electrons. The fourth-order valence-corrected chi connectivity index (χ4v) is 6.90. The Morgan fingerprint density at radius 2 is 1.23 bits per heavy atom. The molecule has 2 aliphatic carbocycles. The Balaban J connectivity index is 0.000000571. The minimum atomic E-state index is -0.653. The van der Waals surface area contributed by atoms with Crippen molar-refractivity contribution < 1.29 is 22.2 Å². The van der Waals surface area contributed by atoms with E-state index in [-0.39, 0.29) is 23.0 Å². The van der Waals surface area contributed by atoms with Gasteiger partial charge in [-0.25, -0.2) is 0 Å². The maximum Gasteiger partial charge on any atom is 2.00 e. The Bertz CT molecular complexity index is 604. The number of aryl methyl sites for hydroxylation is 1. The van der Waals surface area contributed by atoms with Gasteiger partial charge in [-0.2, -0.15) is 10.2 Å². The van der Waals surface area contributed by atoms with E-state index >= 15 is 0 Å². The second kappa shape index (κ2) is 19.2. The molecule has 3 rings (SSSR count). The summed E-state index contributed by atoms with van der Waals surface area (Å²) in [6, 6.07) is 7.29. The zero-order valence-corrected chi connectivity index (χ0v) is 23.2. The Labute approximate surface area is 209 Å². The molecule has 2 saturated carbocycles. The summed E-state index contributed by atoms with van der Waals surface area (Å²) in [6.07, 6.45) is 17.7. The van der Waals surface area contributed by atoms with Gasteiger partial charge < -0.3 is 5.11 Å². The van der Waals surface area contributed by atoms with E-state index in [2.05, 4.69) is 31.0 Å². The van der Waals surface area contributed by atoms with E-state index in [0.717, 1.165) is 17.2 Å². The predicted molar refractivity (Wildman–Crippen MR) is 130 cm³/mol. The molecule has 0 amide bonds. The molecule has 0 saturated heterocycles. The Morgan fingerprint density at radius 1 is 0.774 bits per heavy atom. The zero-order valence-electron chi connectivity index (χ0n) is 19.3. The van der Waals surface area contributed by atoms with Crippen LogP contribution in [0.2, 0.25) is 13.3 Å². The third-order valence-corrected chi connectivity index (χ3v) is 13.3. The second-order valence-electron chi connectivity index (χ2n) is 6.90. The van der Waals surface area contributed by atoms with E-state index in [1.165, 1.54) is 0 Å². The third kappa shape index (κ3) is 13.7. The second-order valence-corrected chi connectivity index (χ2v) is 17.2. The molecule has 5 heteroatoms. The molecule has 0 bridgehead atoms. The van der Waals surface area contributed by atoms with Crippen LogP contribution >= 0.6 is 0 Å². The largest absolute Gasteiger partial charge is 2.00 e. The molecule has 0 aromatic heterocycles. The number of hydrogen-bond donors (Lipinski definition) is 0. The number of nitrogens with zero attached hydrogens (tertiary/aromatic N) is 2. The predicted octanol–water partition coefficient (Wildman–Crippen LogP) is 5.44. The van der Waals surface area contributed by atoms with Crippen molar-refractivity contribution in [3.63, 3.8) is 0 Å². The zero-order chi connectivity index (χ0) is 22.2. The summed E-state index contributed by atoms with van der Waals surface area (Å²) in [5.74, 6) is 0.663. The van der Waals surface area contributed by atoms with E-state index in [0.29, 0.717) is 5.56 Å². The molecular weight excluding hydrogens is 531 g/mol. The van der Waals surface area contributed by atoms with Crippen molar-refractivity contribution in [2.24, 2.45) is 10.2 Å². The van der Waals surface area contributed by atoms with E-state index < -0.39 is 19.8 Å². The van der Waals surface area contributed by atoms with Crippen LogP contribution in [0.25, 0.3) is 0 Å². The molecule has 164 valence electrons. The van der Waals surface area contributed by atoms with Crippen molar-refractivity contribution in [1.29, 1.82) is 0 Å². The summed E-state index contributed by atoms with van der Waals surface area (Å²) in [4.78, 5) is 0. The van der Waals surface area contributed by atoms with Crippen LogP contribution in [-0.4, -0.2) is 31.4 Å². The Hall–Kier alpha value is -0.322. The van der Waals surface area contributed by atoms with Gasteiger partial charge in [-0.15, -0.1) is 0 Å². The van der Waals surface area contributed by atoms with Crippen molar-refractivity contribution in [2.45, 2.75) is 47.9 Å². The number of hydrogen-bond acceptors (Lipinski definition) is 3. The summed E-state index contributed by atoms with van der Waals surface area (Å²) in [5, 5.41) is 19.4. The van der Waals surface area contributed by atoms with Crippen molar-refractivity contribution in [1.82, 2.24) is 0 Å². The van der Waals surface area contributed by atoms with E-state index in [1.807, 2.05) is 83.8 Å². The maximum atomic E-state index is 11.8. The van der Waals surface area contributed by atoms with Gasteiger partial charge in [-0.05, 0) is 77.2 Å². The molecule has 2 aliphatic rings. The van der Waals surface area contributed by atoms with E-state index in [9.17, 15) is 5.11 Å². The van der Waals surface area contributed by atoms with Crippen LogP contribution in [-0.2, 0) is 17.1 Å². The van der Waals surface area contributed by atoms with Crippen molar-refractivity contribution >= 4 is 31.4 Å². The first-order valence-corrected chi connectivity index (χ1v) is 16.7.